The van der Waals surface area contributed by atoms with Gasteiger partial charge in [-0.15, -0.1) is 0 Å². The van der Waals surface area contributed by atoms with Crippen molar-refractivity contribution in [1.29, 1.82) is 0 Å². The first-order valence-electron chi connectivity index (χ1n) is 2.89. The van der Waals surface area contributed by atoms with E-state index in [9.17, 15) is 8.78 Å². The van der Waals surface area contributed by atoms with Crippen LogP contribution in [0.1, 0.15) is 12.8 Å². The third kappa shape index (κ3) is 2.06. The maximum Gasteiger partial charge on any atom is 0.250 e. The van der Waals surface area contributed by atoms with Gasteiger partial charge in [0.25, 0.3) is 5.92 Å². The van der Waals surface area contributed by atoms with Crippen molar-refractivity contribution < 1.29 is 8.78 Å². The molecular formula is C5H8ClF2N. The third-order valence-corrected chi connectivity index (χ3v) is 1.78. The smallest absolute Gasteiger partial charge is 0.220 e. The van der Waals surface area contributed by atoms with Gasteiger partial charge >= 0.3 is 0 Å². The topological polar surface area (TPSA) is 3.24 Å². The Morgan fingerprint density at radius 3 is 2.00 bits per heavy atom. The summed E-state index contributed by atoms with van der Waals surface area (Å²) in [6.45, 7) is 0.600. The fourth-order valence-corrected chi connectivity index (χ4v) is 0.976. The lowest BCUT2D eigenvalue weighted by atomic mass is 10.1. The van der Waals surface area contributed by atoms with E-state index in [1.54, 1.807) is 0 Å². The van der Waals surface area contributed by atoms with Gasteiger partial charge in [-0.1, -0.05) is 0 Å². The number of hydrogen-bond acceptors (Lipinski definition) is 1. The van der Waals surface area contributed by atoms with Crippen LogP contribution in [-0.4, -0.2) is 23.4 Å². The van der Waals surface area contributed by atoms with Gasteiger partial charge in [-0.25, -0.2) is 13.2 Å². The molecule has 0 radical (unpaired) electrons. The fourth-order valence-electron chi connectivity index (χ4n) is 0.807. The molecule has 0 spiro atoms. The van der Waals surface area contributed by atoms with Crippen molar-refractivity contribution in [2.75, 3.05) is 13.1 Å². The molecular weight excluding hydrogens is 148 g/mol. The molecule has 1 aliphatic rings. The molecule has 0 N–H and O–H groups in total. The highest BCUT2D eigenvalue weighted by atomic mass is 35.5. The molecule has 0 aliphatic carbocycles. The van der Waals surface area contributed by atoms with Crippen LogP contribution < -0.4 is 0 Å². The molecule has 1 rings (SSSR count). The van der Waals surface area contributed by atoms with E-state index in [1.165, 1.54) is 4.42 Å². The van der Waals surface area contributed by atoms with Crippen molar-refractivity contribution >= 4 is 11.8 Å². The molecule has 0 aromatic heterocycles. The minimum absolute atomic E-state index is 0.101. The molecule has 0 unspecified atom stereocenters. The van der Waals surface area contributed by atoms with E-state index in [0.717, 1.165) is 0 Å². The Balaban J connectivity index is 2.35. The monoisotopic (exact) mass is 155 g/mol. The Morgan fingerprint density at radius 1 is 1.22 bits per heavy atom. The second kappa shape index (κ2) is 2.39. The van der Waals surface area contributed by atoms with E-state index in [0.29, 0.717) is 13.1 Å². The number of halogens is 3. The van der Waals surface area contributed by atoms with Crippen LogP contribution in [0.25, 0.3) is 0 Å². The molecule has 0 atom stereocenters. The molecule has 0 aromatic carbocycles. The average Bonchev–Trinajstić information content (AvgIpc) is 1.78. The van der Waals surface area contributed by atoms with Crippen LogP contribution in [-0.2, 0) is 0 Å². The number of rotatable bonds is 0. The van der Waals surface area contributed by atoms with E-state index in [4.69, 9.17) is 11.8 Å². The van der Waals surface area contributed by atoms with Crippen molar-refractivity contribution in [2.24, 2.45) is 0 Å². The molecule has 1 heterocycles. The second-order valence-electron chi connectivity index (χ2n) is 2.27. The van der Waals surface area contributed by atoms with Crippen LogP contribution in [0.5, 0.6) is 0 Å². The highest BCUT2D eigenvalue weighted by Crippen LogP contribution is 2.27. The van der Waals surface area contributed by atoms with Crippen molar-refractivity contribution in [3.63, 3.8) is 0 Å². The SMILES string of the molecule is FC1(F)CCN(Cl)CC1. The Hall–Kier alpha value is 0.110. The highest BCUT2D eigenvalue weighted by Gasteiger charge is 2.33. The highest BCUT2D eigenvalue weighted by molar-refractivity contribution is 6.13. The molecule has 1 saturated heterocycles. The summed E-state index contributed by atoms with van der Waals surface area (Å²) in [5, 5.41) is 0. The summed E-state index contributed by atoms with van der Waals surface area (Å²) in [4.78, 5) is 0. The van der Waals surface area contributed by atoms with Gasteiger partial charge in [0.05, 0.1) is 0 Å². The quantitative estimate of drug-likeness (QED) is 0.483. The van der Waals surface area contributed by atoms with E-state index in [2.05, 4.69) is 0 Å². The van der Waals surface area contributed by atoms with Gasteiger partial charge in [-0.3, -0.25) is 0 Å². The zero-order valence-electron chi connectivity index (χ0n) is 4.91. The van der Waals surface area contributed by atoms with E-state index >= 15 is 0 Å². The molecule has 0 saturated carbocycles. The van der Waals surface area contributed by atoms with Gasteiger partial charge in [0.15, 0.2) is 0 Å². The number of hydrogen-bond donors (Lipinski definition) is 0. The first-order valence-corrected chi connectivity index (χ1v) is 3.22. The lowest BCUT2D eigenvalue weighted by molar-refractivity contribution is -0.0411. The summed E-state index contributed by atoms with van der Waals surface area (Å²) in [5.74, 6) is -2.47. The summed E-state index contributed by atoms with van der Waals surface area (Å²) in [6.07, 6.45) is -0.201. The third-order valence-electron chi connectivity index (χ3n) is 1.44. The van der Waals surface area contributed by atoms with Gasteiger partial charge in [-0.05, 0) is 11.8 Å². The van der Waals surface area contributed by atoms with Crippen molar-refractivity contribution in [3.05, 3.63) is 0 Å². The molecule has 54 valence electrons. The maximum absolute atomic E-state index is 12.3. The van der Waals surface area contributed by atoms with Crippen molar-refractivity contribution in [2.45, 2.75) is 18.8 Å². The lowest BCUT2D eigenvalue weighted by Crippen LogP contribution is -2.33. The van der Waals surface area contributed by atoms with Crippen molar-refractivity contribution in [3.8, 4) is 0 Å². The fraction of sp³-hybridized carbons (Fsp3) is 1.00. The number of alkyl halides is 2. The number of nitrogens with zero attached hydrogens (tertiary/aromatic N) is 1. The molecule has 0 aromatic rings. The predicted octanol–water partition coefficient (Wildman–Crippen LogP) is 1.87. The van der Waals surface area contributed by atoms with E-state index in [1.807, 2.05) is 0 Å². The second-order valence-corrected chi connectivity index (χ2v) is 2.74. The lowest BCUT2D eigenvalue weighted by Gasteiger charge is -2.26. The zero-order chi connectivity index (χ0) is 6.91. The van der Waals surface area contributed by atoms with Crippen LogP contribution in [0.4, 0.5) is 8.78 Å². The van der Waals surface area contributed by atoms with Crippen LogP contribution in [0, 0.1) is 0 Å². The van der Waals surface area contributed by atoms with Crippen molar-refractivity contribution in [1.82, 2.24) is 4.42 Å². The summed E-state index contributed by atoms with van der Waals surface area (Å²) >= 11 is 5.44. The van der Waals surface area contributed by atoms with Gasteiger partial charge in [0.2, 0.25) is 0 Å². The minimum atomic E-state index is -2.47. The Labute approximate surface area is 57.7 Å². The van der Waals surface area contributed by atoms with Gasteiger partial charge in [-0.2, -0.15) is 0 Å². The first-order chi connectivity index (χ1) is 4.10. The molecule has 1 nitrogen and oxygen atoms in total. The van der Waals surface area contributed by atoms with Gasteiger partial charge in [0.1, 0.15) is 0 Å². The zero-order valence-corrected chi connectivity index (χ0v) is 5.67. The molecule has 4 heteroatoms. The van der Waals surface area contributed by atoms with E-state index in [-0.39, 0.29) is 12.8 Å². The average molecular weight is 156 g/mol. The van der Waals surface area contributed by atoms with Gasteiger partial charge in [0, 0.05) is 25.9 Å². The minimum Gasteiger partial charge on any atom is -0.220 e. The Kier molecular flexibility index (Phi) is 1.91. The maximum atomic E-state index is 12.3. The van der Waals surface area contributed by atoms with Crippen LogP contribution >= 0.6 is 11.8 Å². The summed E-state index contributed by atoms with van der Waals surface area (Å²) in [6, 6.07) is 0. The normalized spacial score (nSPS) is 28.3. The molecule has 0 amide bonds. The molecule has 0 bridgehead atoms. The van der Waals surface area contributed by atoms with Crippen LogP contribution in [0.3, 0.4) is 0 Å². The van der Waals surface area contributed by atoms with Gasteiger partial charge < -0.3 is 0 Å². The summed E-state index contributed by atoms with van der Waals surface area (Å²) < 4.78 is 26.0. The standard InChI is InChI=1S/C5H8ClF2N/c6-9-3-1-5(7,8)2-4-9/h1-4H2. The van der Waals surface area contributed by atoms with Crippen LogP contribution in [0.15, 0.2) is 0 Å². The summed E-state index contributed by atoms with van der Waals surface area (Å²) in [7, 11) is 0. The summed E-state index contributed by atoms with van der Waals surface area (Å²) in [5.41, 5.74) is 0. The predicted molar refractivity (Wildman–Crippen MR) is 31.6 cm³/mol. The molecule has 9 heavy (non-hydrogen) atoms. The Morgan fingerprint density at radius 2 is 1.67 bits per heavy atom. The molecule has 1 fully saturated rings. The first kappa shape index (κ1) is 7.22. The van der Waals surface area contributed by atoms with E-state index < -0.39 is 5.92 Å². The molecule has 1 aliphatic heterocycles. The largest absolute Gasteiger partial charge is 0.250 e. The number of piperidine rings is 1. The van der Waals surface area contributed by atoms with Crippen LogP contribution in [0.2, 0.25) is 0 Å². The Bertz CT molecular complexity index is 97.1.